The molecule has 0 aliphatic carbocycles. The third kappa shape index (κ3) is 11.4. The second-order valence-corrected chi connectivity index (χ2v) is 6.07. The number of allylic oxidation sites excluding steroid dienone is 6. The molecule has 0 N–H and O–H groups in total. The number of carbonyl (C=O) groups excluding carboxylic acids is 1. The Bertz CT molecular complexity index is 366. The number of cyclic esters (lactones) is 1. The fraction of sp³-hybridized carbons (Fsp3) is 0.650. The van der Waals surface area contributed by atoms with Gasteiger partial charge in [0, 0.05) is 6.42 Å². The van der Waals surface area contributed by atoms with Crippen molar-refractivity contribution >= 4 is 5.97 Å². The number of hydrogen-bond donors (Lipinski definition) is 0. The molecule has 2 heteroatoms. The van der Waals surface area contributed by atoms with Gasteiger partial charge in [0.25, 0.3) is 0 Å². The Kier molecular flexibility index (Phi) is 11.4. The summed E-state index contributed by atoms with van der Waals surface area (Å²) >= 11 is 0. The van der Waals surface area contributed by atoms with Crippen LogP contribution in [-0.2, 0) is 9.53 Å². The van der Waals surface area contributed by atoms with E-state index in [1.165, 1.54) is 12.8 Å². The topological polar surface area (TPSA) is 26.3 Å². The van der Waals surface area contributed by atoms with Gasteiger partial charge in [0.05, 0.1) is 6.10 Å². The van der Waals surface area contributed by atoms with Crippen LogP contribution in [0, 0.1) is 0 Å². The number of ether oxygens (including phenoxy) is 1. The van der Waals surface area contributed by atoms with Gasteiger partial charge in [-0.15, -0.1) is 0 Å². The van der Waals surface area contributed by atoms with Gasteiger partial charge >= 0.3 is 5.97 Å². The van der Waals surface area contributed by atoms with Crippen molar-refractivity contribution in [3.05, 3.63) is 36.5 Å². The van der Waals surface area contributed by atoms with Crippen molar-refractivity contribution in [2.75, 3.05) is 0 Å². The quantitative estimate of drug-likeness (QED) is 0.412. The lowest BCUT2D eigenvalue weighted by atomic mass is 10.1. The zero-order valence-corrected chi connectivity index (χ0v) is 14.1. The van der Waals surface area contributed by atoms with E-state index in [0.29, 0.717) is 6.42 Å². The Morgan fingerprint density at radius 3 is 2.14 bits per heavy atom. The number of carbonyl (C=O) groups is 1. The smallest absolute Gasteiger partial charge is 0.306 e. The highest BCUT2D eigenvalue weighted by Gasteiger charge is 2.08. The standard InChI is InChI=1S/C20H32O2/c1-19-17-15-13-11-9-7-5-3-2-4-6-8-10-12-14-16-18-20(21)22-19/h3-6,9,11,19H,2,7-8,10,12-18H2,1H3/b5-3-,6-4-,11-9-. The van der Waals surface area contributed by atoms with Crippen molar-refractivity contribution in [3.8, 4) is 0 Å². The van der Waals surface area contributed by atoms with E-state index in [9.17, 15) is 4.79 Å². The minimum absolute atomic E-state index is 0.0255. The average Bonchev–Trinajstić information content (AvgIpc) is 2.49. The lowest BCUT2D eigenvalue weighted by Crippen LogP contribution is -2.14. The van der Waals surface area contributed by atoms with E-state index < -0.39 is 0 Å². The van der Waals surface area contributed by atoms with Crippen LogP contribution in [0.25, 0.3) is 0 Å². The Morgan fingerprint density at radius 2 is 1.41 bits per heavy atom. The van der Waals surface area contributed by atoms with E-state index in [-0.39, 0.29) is 12.1 Å². The Labute approximate surface area is 136 Å². The van der Waals surface area contributed by atoms with E-state index in [0.717, 1.165) is 51.4 Å². The molecular weight excluding hydrogens is 272 g/mol. The molecular formula is C20H32O2. The molecule has 0 bridgehead atoms. The van der Waals surface area contributed by atoms with Crippen molar-refractivity contribution in [1.82, 2.24) is 0 Å². The van der Waals surface area contributed by atoms with Crippen LogP contribution < -0.4 is 0 Å². The number of hydrogen-bond acceptors (Lipinski definition) is 2. The lowest BCUT2D eigenvalue weighted by Gasteiger charge is -2.12. The summed E-state index contributed by atoms with van der Waals surface area (Å²) in [6, 6.07) is 0. The molecule has 0 fully saturated rings. The molecule has 22 heavy (non-hydrogen) atoms. The lowest BCUT2D eigenvalue weighted by molar-refractivity contribution is -0.148. The summed E-state index contributed by atoms with van der Waals surface area (Å²) in [5.74, 6) is -0.0255. The molecule has 0 aromatic heterocycles. The summed E-state index contributed by atoms with van der Waals surface area (Å²) in [5, 5.41) is 0. The van der Waals surface area contributed by atoms with Gasteiger partial charge in [-0.3, -0.25) is 4.79 Å². The third-order valence-electron chi connectivity index (χ3n) is 3.86. The first-order valence-corrected chi connectivity index (χ1v) is 8.93. The normalized spacial score (nSPS) is 28.2. The molecule has 1 unspecified atom stereocenters. The van der Waals surface area contributed by atoms with E-state index in [4.69, 9.17) is 4.74 Å². The molecule has 0 saturated heterocycles. The summed E-state index contributed by atoms with van der Waals surface area (Å²) in [6.45, 7) is 2.00. The molecule has 0 amide bonds. The molecule has 0 aromatic rings. The van der Waals surface area contributed by atoms with Crippen LogP contribution in [0.4, 0.5) is 0 Å². The van der Waals surface area contributed by atoms with Crippen LogP contribution in [0.5, 0.6) is 0 Å². The summed E-state index contributed by atoms with van der Waals surface area (Å²) in [7, 11) is 0. The molecule has 1 aliphatic heterocycles. The minimum Gasteiger partial charge on any atom is -0.463 e. The fourth-order valence-corrected chi connectivity index (χ4v) is 2.53. The molecule has 0 radical (unpaired) electrons. The van der Waals surface area contributed by atoms with Crippen LogP contribution in [0.1, 0.15) is 77.6 Å². The first-order chi connectivity index (χ1) is 10.8. The average molecular weight is 304 g/mol. The van der Waals surface area contributed by atoms with Crippen molar-refractivity contribution in [1.29, 1.82) is 0 Å². The maximum atomic E-state index is 11.7. The van der Waals surface area contributed by atoms with Gasteiger partial charge in [0.1, 0.15) is 0 Å². The molecule has 0 aromatic carbocycles. The summed E-state index contributed by atoms with van der Waals surface area (Å²) in [4.78, 5) is 11.7. The van der Waals surface area contributed by atoms with Crippen molar-refractivity contribution in [2.24, 2.45) is 0 Å². The van der Waals surface area contributed by atoms with Crippen molar-refractivity contribution in [3.63, 3.8) is 0 Å². The van der Waals surface area contributed by atoms with Gasteiger partial charge in [-0.25, -0.2) is 0 Å². The zero-order valence-electron chi connectivity index (χ0n) is 14.1. The highest BCUT2D eigenvalue weighted by molar-refractivity contribution is 5.69. The Morgan fingerprint density at radius 1 is 0.818 bits per heavy atom. The van der Waals surface area contributed by atoms with Crippen LogP contribution in [0.15, 0.2) is 36.5 Å². The van der Waals surface area contributed by atoms with E-state index in [1.807, 2.05) is 6.92 Å². The molecule has 2 nitrogen and oxygen atoms in total. The first kappa shape index (κ1) is 18.7. The van der Waals surface area contributed by atoms with Crippen molar-refractivity contribution < 1.29 is 9.53 Å². The molecule has 1 aliphatic rings. The Hall–Kier alpha value is -1.31. The van der Waals surface area contributed by atoms with Crippen LogP contribution in [0.2, 0.25) is 0 Å². The van der Waals surface area contributed by atoms with Crippen LogP contribution in [0.3, 0.4) is 0 Å². The highest BCUT2D eigenvalue weighted by Crippen LogP contribution is 2.10. The third-order valence-corrected chi connectivity index (χ3v) is 3.86. The second kappa shape index (κ2) is 13.4. The minimum atomic E-state index is -0.0255. The highest BCUT2D eigenvalue weighted by atomic mass is 16.5. The molecule has 0 saturated carbocycles. The van der Waals surface area contributed by atoms with Gasteiger partial charge < -0.3 is 4.74 Å². The van der Waals surface area contributed by atoms with E-state index in [2.05, 4.69) is 36.5 Å². The van der Waals surface area contributed by atoms with Gasteiger partial charge in [0.2, 0.25) is 0 Å². The molecule has 0 spiro atoms. The maximum absolute atomic E-state index is 11.7. The molecule has 1 rings (SSSR count). The van der Waals surface area contributed by atoms with Gasteiger partial charge in [-0.2, -0.15) is 0 Å². The predicted octanol–water partition coefficient (Wildman–Crippen LogP) is 5.89. The predicted molar refractivity (Wildman–Crippen MR) is 93.8 cm³/mol. The number of esters is 1. The summed E-state index contributed by atoms with van der Waals surface area (Å²) in [6.07, 6.45) is 24.9. The van der Waals surface area contributed by atoms with Gasteiger partial charge in [-0.05, 0) is 58.3 Å². The first-order valence-electron chi connectivity index (χ1n) is 8.93. The largest absolute Gasteiger partial charge is 0.463 e. The fourth-order valence-electron chi connectivity index (χ4n) is 2.53. The molecule has 1 heterocycles. The summed E-state index contributed by atoms with van der Waals surface area (Å²) < 4.78 is 5.45. The second-order valence-electron chi connectivity index (χ2n) is 6.07. The van der Waals surface area contributed by atoms with Crippen molar-refractivity contribution in [2.45, 2.75) is 83.7 Å². The number of rotatable bonds is 0. The maximum Gasteiger partial charge on any atom is 0.306 e. The molecule has 1 atom stereocenters. The van der Waals surface area contributed by atoms with E-state index in [1.54, 1.807) is 0 Å². The van der Waals surface area contributed by atoms with Gasteiger partial charge in [0.15, 0.2) is 0 Å². The Balaban J connectivity index is 2.34. The van der Waals surface area contributed by atoms with Crippen LogP contribution in [-0.4, -0.2) is 12.1 Å². The van der Waals surface area contributed by atoms with Gasteiger partial charge in [-0.1, -0.05) is 49.3 Å². The SMILES string of the molecule is CC1CCC/C=C\C/C=C\C/C=C\CCCCCCC(=O)O1. The van der Waals surface area contributed by atoms with Crippen LogP contribution >= 0.6 is 0 Å². The zero-order chi connectivity index (χ0) is 15.9. The van der Waals surface area contributed by atoms with E-state index >= 15 is 0 Å². The monoisotopic (exact) mass is 304 g/mol. The molecule has 124 valence electrons. The summed E-state index contributed by atoms with van der Waals surface area (Å²) in [5.41, 5.74) is 0.